The van der Waals surface area contributed by atoms with Gasteiger partial charge in [0.2, 0.25) is 0 Å². The number of nitrogens with one attached hydrogen (secondary N) is 1. The molecule has 5 rings (SSSR count). The predicted molar refractivity (Wildman–Crippen MR) is 147 cm³/mol. The Morgan fingerprint density at radius 3 is 2.55 bits per heavy atom. The molecule has 2 atom stereocenters. The normalized spacial score (nSPS) is 21.7. The zero-order chi connectivity index (χ0) is 28.8. The van der Waals surface area contributed by atoms with Crippen molar-refractivity contribution in [3.05, 3.63) is 57.8 Å². The Morgan fingerprint density at radius 1 is 1.30 bits per heavy atom. The second-order valence-corrected chi connectivity index (χ2v) is 11.9. The molecule has 3 aliphatic heterocycles. The van der Waals surface area contributed by atoms with E-state index >= 15 is 0 Å². The molecule has 3 aliphatic rings. The minimum absolute atomic E-state index is 0.115. The molecule has 2 aromatic rings. The third-order valence-electron chi connectivity index (χ3n) is 6.92. The third kappa shape index (κ3) is 4.98. The summed E-state index contributed by atoms with van der Waals surface area (Å²) >= 11 is 2.47. The van der Waals surface area contributed by atoms with E-state index in [1.165, 1.54) is 29.2 Å². The van der Waals surface area contributed by atoms with Crippen LogP contribution in [0.2, 0.25) is 0 Å². The number of quaternary nitrogens is 1. The summed E-state index contributed by atoms with van der Waals surface area (Å²) in [5, 5.41) is 37.1. The van der Waals surface area contributed by atoms with Gasteiger partial charge in [-0.15, -0.1) is 23.1 Å². The van der Waals surface area contributed by atoms with Gasteiger partial charge in [-0.1, -0.05) is 11.2 Å². The molecule has 1 aromatic carbocycles. The van der Waals surface area contributed by atoms with Gasteiger partial charge in [-0.2, -0.15) is 0 Å². The zero-order valence-electron chi connectivity index (χ0n) is 21.5. The number of thiazole rings is 1. The van der Waals surface area contributed by atoms with E-state index in [0.29, 0.717) is 35.4 Å². The van der Waals surface area contributed by atoms with E-state index in [1.54, 1.807) is 18.2 Å². The van der Waals surface area contributed by atoms with Crippen molar-refractivity contribution in [3.63, 3.8) is 0 Å². The summed E-state index contributed by atoms with van der Waals surface area (Å²) in [7, 11) is 3.31. The molecule has 40 heavy (non-hydrogen) atoms. The molecule has 0 saturated carbocycles. The van der Waals surface area contributed by atoms with Crippen LogP contribution in [0.1, 0.15) is 16.8 Å². The van der Waals surface area contributed by atoms with Gasteiger partial charge in [0.25, 0.3) is 11.8 Å². The molecule has 13 nitrogen and oxygen atoms in total. The summed E-state index contributed by atoms with van der Waals surface area (Å²) in [6, 6.07) is 2.19. The van der Waals surface area contributed by atoms with Crippen LogP contribution in [-0.4, -0.2) is 91.1 Å². The number of likely N-dealkylation sites (N-methyl/N-ethyl adjacent to an activating group) is 1. The number of nitrogen functional groups attached to an aromatic ring is 1. The maximum Gasteiger partial charge on any atom is 0.352 e. The summed E-state index contributed by atoms with van der Waals surface area (Å²) in [5.41, 5.74) is 7.98. The molecular formula is C25H27N6O7S2+. The molecule has 0 radical (unpaired) electrons. The van der Waals surface area contributed by atoms with Crippen molar-refractivity contribution in [1.82, 2.24) is 15.2 Å². The molecule has 1 saturated heterocycles. The first-order chi connectivity index (χ1) is 19.0. The summed E-state index contributed by atoms with van der Waals surface area (Å²) in [5.74, 6) is -2.46. The maximum atomic E-state index is 13.1. The van der Waals surface area contributed by atoms with Crippen LogP contribution in [0.4, 0.5) is 5.13 Å². The Bertz CT molecular complexity index is 1470. The van der Waals surface area contributed by atoms with Gasteiger partial charge in [0.05, 0.1) is 13.6 Å². The number of phenols is 2. The smallest absolute Gasteiger partial charge is 0.352 e. The number of thioether (sulfide) groups is 1. The van der Waals surface area contributed by atoms with Gasteiger partial charge < -0.3 is 35.7 Å². The van der Waals surface area contributed by atoms with Crippen molar-refractivity contribution >= 4 is 51.7 Å². The van der Waals surface area contributed by atoms with Crippen LogP contribution in [0.5, 0.6) is 11.5 Å². The highest BCUT2D eigenvalue weighted by atomic mass is 32.2. The number of anilines is 1. The number of β-lactam (4-membered cyclic amide) rings is 1. The number of rotatable bonds is 8. The van der Waals surface area contributed by atoms with Crippen LogP contribution in [0, 0.1) is 0 Å². The van der Waals surface area contributed by atoms with E-state index in [1.807, 2.05) is 13.1 Å². The molecule has 2 amide bonds. The third-order valence-corrected chi connectivity index (χ3v) is 8.89. The number of carbonyl (C=O) groups is 3. The molecule has 0 aliphatic carbocycles. The Hall–Kier alpha value is -4.08. The van der Waals surface area contributed by atoms with Crippen LogP contribution in [-0.2, 0) is 32.3 Å². The number of carboxylic acids is 1. The van der Waals surface area contributed by atoms with Crippen LogP contribution >= 0.6 is 23.1 Å². The molecule has 0 bridgehead atoms. The number of aromatic hydroxyl groups is 2. The van der Waals surface area contributed by atoms with Crippen molar-refractivity contribution in [3.8, 4) is 11.5 Å². The molecule has 4 heterocycles. The van der Waals surface area contributed by atoms with Crippen LogP contribution in [0.3, 0.4) is 0 Å². The Morgan fingerprint density at radius 2 is 1.98 bits per heavy atom. The number of carboxylic acid groups (broad SMARTS) is 1. The van der Waals surface area contributed by atoms with Gasteiger partial charge in [-0.3, -0.25) is 14.5 Å². The van der Waals surface area contributed by atoms with Crippen LogP contribution in [0.25, 0.3) is 0 Å². The number of benzene rings is 1. The van der Waals surface area contributed by atoms with Crippen LogP contribution < -0.4 is 11.1 Å². The number of carbonyl (C=O) groups excluding carboxylic acids is 2. The van der Waals surface area contributed by atoms with E-state index in [4.69, 9.17) is 10.6 Å². The average molecular weight is 588 g/mol. The lowest BCUT2D eigenvalue weighted by molar-refractivity contribution is -0.923. The number of aliphatic carboxylic acids is 1. The second kappa shape index (κ2) is 10.5. The minimum Gasteiger partial charge on any atom is -0.504 e. The highest BCUT2D eigenvalue weighted by Gasteiger charge is 2.54. The van der Waals surface area contributed by atoms with Gasteiger partial charge in [-0.05, 0) is 23.8 Å². The Balaban J connectivity index is 1.28. The minimum atomic E-state index is -1.23. The highest BCUT2D eigenvalue weighted by Crippen LogP contribution is 2.41. The molecular weight excluding hydrogens is 560 g/mol. The standard InChI is InChI=1S/C25H26N6O7S2/c1-31(8-13-6-16(32)17(33)7-14(13)9-31)5-3-4-12-10-39-23-19(22(35)30(23)20(12)24(36)37)28-21(34)18(29-38-2)15-11-40-25(26)27-15/h3-4,6-7,11,19,23H,5,8-10H2,1-2H3,(H5-,26,27,28,29,32,33,34,36,37)/p+1/b4-3-/t19?,23-/m1/s1. The van der Waals surface area contributed by atoms with Gasteiger partial charge in [0.15, 0.2) is 22.3 Å². The number of phenolic OH excluding ortho intramolecular Hbond substituents is 2. The molecule has 0 spiro atoms. The first-order valence-electron chi connectivity index (χ1n) is 12.1. The van der Waals surface area contributed by atoms with Gasteiger partial charge >= 0.3 is 5.97 Å². The predicted octanol–water partition coefficient (Wildman–Crippen LogP) is 0.942. The van der Waals surface area contributed by atoms with Gasteiger partial charge in [0, 0.05) is 22.3 Å². The van der Waals surface area contributed by atoms with E-state index in [2.05, 4.69) is 15.5 Å². The van der Waals surface area contributed by atoms with Crippen molar-refractivity contribution in [2.75, 3.05) is 32.2 Å². The molecule has 15 heteroatoms. The molecule has 1 unspecified atom stereocenters. The second-order valence-electron chi connectivity index (χ2n) is 9.86. The number of amides is 2. The number of nitrogens with zero attached hydrogens (tertiary/aromatic N) is 4. The van der Waals surface area contributed by atoms with Crippen molar-refractivity contribution < 1.29 is 39.0 Å². The Labute approximate surface area is 236 Å². The van der Waals surface area contributed by atoms with Crippen LogP contribution in [0.15, 0.2) is 46.1 Å². The van der Waals surface area contributed by atoms with Crippen molar-refractivity contribution in [2.45, 2.75) is 24.5 Å². The lowest BCUT2D eigenvalue weighted by Crippen LogP contribution is -2.71. The van der Waals surface area contributed by atoms with E-state index in [9.17, 15) is 29.7 Å². The van der Waals surface area contributed by atoms with E-state index in [0.717, 1.165) is 22.5 Å². The fourth-order valence-corrected chi connectivity index (χ4v) is 6.95. The SMILES string of the molecule is CO/N=C(\C(=O)NC1C(=O)N2C(C(=O)O)=C(/C=C\C[N+]3(C)Cc4cc(O)c(O)cc4C3)CS[C@H]12)c1csc(N)n1. The monoisotopic (exact) mass is 587 g/mol. The average Bonchev–Trinajstić information content (AvgIpc) is 3.47. The number of hydrogen-bond acceptors (Lipinski definition) is 11. The number of oxime groups is 1. The first-order valence-corrected chi connectivity index (χ1v) is 14.0. The zero-order valence-corrected chi connectivity index (χ0v) is 23.2. The topological polar surface area (TPSA) is 188 Å². The maximum absolute atomic E-state index is 13.1. The van der Waals surface area contributed by atoms with E-state index < -0.39 is 29.2 Å². The number of hydrogen-bond donors (Lipinski definition) is 5. The summed E-state index contributed by atoms with van der Waals surface area (Å²) in [6.07, 6.45) is 3.60. The quantitative estimate of drug-likeness (QED) is 0.0978. The molecule has 6 N–H and O–H groups in total. The summed E-state index contributed by atoms with van der Waals surface area (Å²) < 4.78 is 0.576. The highest BCUT2D eigenvalue weighted by molar-refractivity contribution is 8.00. The first kappa shape index (κ1) is 27.5. The van der Waals surface area contributed by atoms with Crippen molar-refractivity contribution in [1.29, 1.82) is 0 Å². The number of allylic oxidation sites excluding steroid dienone is 1. The molecule has 210 valence electrons. The summed E-state index contributed by atoms with van der Waals surface area (Å²) in [6.45, 7) is 1.85. The number of nitrogens with two attached hydrogens (primary N) is 1. The largest absolute Gasteiger partial charge is 0.504 e. The van der Waals surface area contributed by atoms with Crippen molar-refractivity contribution in [2.24, 2.45) is 5.16 Å². The fraction of sp³-hybridized carbons (Fsp3) is 0.320. The van der Waals surface area contributed by atoms with Gasteiger partial charge in [0.1, 0.15) is 43.0 Å². The Kier molecular flexibility index (Phi) is 7.20. The lowest BCUT2D eigenvalue weighted by Gasteiger charge is -2.49. The number of aromatic nitrogens is 1. The number of fused-ring (bicyclic) bond motifs is 2. The molecule has 1 aromatic heterocycles. The lowest BCUT2D eigenvalue weighted by atomic mass is 10.0. The fourth-order valence-electron chi connectivity index (χ4n) is 5.09. The summed E-state index contributed by atoms with van der Waals surface area (Å²) in [4.78, 5) is 48.2. The molecule has 1 fully saturated rings. The van der Waals surface area contributed by atoms with Gasteiger partial charge in [-0.25, -0.2) is 9.78 Å². The van der Waals surface area contributed by atoms with E-state index in [-0.39, 0.29) is 33.7 Å².